The zero-order valence-corrected chi connectivity index (χ0v) is 14.7. The normalized spacial score (nSPS) is 22.3. The second-order valence-corrected chi connectivity index (χ2v) is 6.44. The van der Waals surface area contributed by atoms with E-state index in [0.29, 0.717) is 16.7 Å². The fourth-order valence-electron chi connectivity index (χ4n) is 3.01. The Bertz CT molecular complexity index is 980. The first-order valence-corrected chi connectivity index (χ1v) is 8.65. The molecular weight excluding hydrogens is 374 g/mol. The third-order valence-corrected chi connectivity index (χ3v) is 4.53. The number of carbonyl (C=O) groups excluding carboxylic acids is 1. The summed E-state index contributed by atoms with van der Waals surface area (Å²) < 4.78 is 7.23. The van der Waals surface area contributed by atoms with E-state index in [2.05, 4.69) is 20.3 Å². The van der Waals surface area contributed by atoms with Gasteiger partial charge in [-0.15, -0.1) is 0 Å². The SMILES string of the molecule is O=C(Nc1nc(Cl)nc2c1ncn2[C@H]1CC(O)[C@@H](CO)O1)c1ccccc1. The minimum Gasteiger partial charge on any atom is -0.394 e. The van der Waals surface area contributed by atoms with Crippen LogP contribution >= 0.6 is 11.6 Å². The van der Waals surface area contributed by atoms with Crippen molar-refractivity contribution in [3.05, 3.63) is 47.5 Å². The van der Waals surface area contributed by atoms with Crippen molar-refractivity contribution in [3.8, 4) is 0 Å². The molecule has 27 heavy (non-hydrogen) atoms. The predicted molar refractivity (Wildman–Crippen MR) is 96.3 cm³/mol. The van der Waals surface area contributed by atoms with Crippen LogP contribution < -0.4 is 5.32 Å². The Hall–Kier alpha value is -2.59. The molecule has 1 amide bonds. The summed E-state index contributed by atoms with van der Waals surface area (Å²) in [5.41, 5.74) is 1.16. The molecule has 1 unspecified atom stereocenters. The summed E-state index contributed by atoms with van der Waals surface area (Å²) in [5, 5.41) is 21.8. The number of anilines is 1. The maximum absolute atomic E-state index is 12.4. The second kappa shape index (κ2) is 7.20. The number of hydrogen-bond acceptors (Lipinski definition) is 7. The standard InChI is InChI=1S/C17H16ClN5O4/c18-17-21-14(20-16(26)9-4-2-1-3-5-9)13-15(22-17)23(8-19-13)12-6-10(25)11(7-24)27-12/h1-5,8,10-12,24-25H,6-7H2,(H,20,21,22,26)/t10?,11-,12-/m1/s1. The van der Waals surface area contributed by atoms with Gasteiger partial charge in [-0.05, 0) is 23.7 Å². The van der Waals surface area contributed by atoms with Crippen LogP contribution in [0.1, 0.15) is 23.0 Å². The number of halogens is 1. The molecule has 1 aliphatic heterocycles. The smallest absolute Gasteiger partial charge is 0.256 e. The van der Waals surface area contributed by atoms with Gasteiger partial charge in [0.1, 0.15) is 12.3 Å². The summed E-state index contributed by atoms with van der Waals surface area (Å²) in [6, 6.07) is 8.68. The van der Waals surface area contributed by atoms with Crippen LogP contribution in [0.3, 0.4) is 0 Å². The lowest BCUT2D eigenvalue weighted by atomic mass is 10.2. The number of nitrogens with one attached hydrogen (secondary N) is 1. The van der Waals surface area contributed by atoms with E-state index in [-0.39, 0.29) is 30.0 Å². The first-order valence-electron chi connectivity index (χ1n) is 8.27. The van der Waals surface area contributed by atoms with Gasteiger partial charge in [-0.3, -0.25) is 9.36 Å². The Balaban J connectivity index is 1.68. The van der Waals surface area contributed by atoms with E-state index < -0.39 is 18.4 Å². The lowest BCUT2D eigenvalue weighted by Crippen LogP contribution is -2.24. The molecule has 0 saturated carbocycles. The van der Waals surface area contributed by atoms with E-state index in [9.17, 15) is 15.0 Å². The van der Waals surface area contributed by atoms with Gasteiger partial charge in [0.25, 0.3) is 5.91 Å². The quantitative estimate of drug-likeness (QED) is 0.576. The van der Waals surface area contributed by atoms with E-state index in [4.69, 9.17) is 16.3 Å². The molecule has 3 aromatic rings. The number of nitrogens with zero attached hydrogens (tertiary/aromatic N) is 4. The van der Waals surface area contributed by atoms with Gasteiger partial charge in [-0.2, -0.15) is 9.97 Å². The van der Waals surface area contributed by atoms with Gasteiger partial charge in [0.05, 0.1) is 19.0 Å². The number of aromatic nitrogens is 4. The molecule has 1 aromatic carbocycles. The van der Waals surface area contributed by atoms with Crippen LogP contribution in [0.4, 0.5) is 5.82 Å². The number of aliphatic hydroxyl groups is 2. The number of fused-ring (bicyclic) bond motifs is 1. The zero-order chi connectivity index (χ0) is 19.0. The highest BCUT2D eigenvalue weighted by Crippen LogP contribution is 2.32. The molecule has 4 rings (SSSR count). The first-order chi connectivity index (χ1) is 13.1. The molecule has 3 N–H and O–H groups in total. The maximum Gasteiger partial charge on any atom is 0.256 e. The van der Waals surface area contributed by atoms with Gasteiger partial charge in [0.2, 0.25) is 5.28 Å². The zero-order valence-electron chi connectivity index (χ0n) is 14.0. The molecule has 0 aliphatic carbocycles. The van der Waals surface area contributed by atoms with Crippen LogP contribution in [0.25, 0.3) is 11.2 Å². The Morgan fingerprint density at radius 1 is 1.33 bits per heavy atom. The van der Waals surface area contributed by atoms with Gasteiger partial charge in [0, 0.05) is 12.0 Å². The van der Waals surface area contributed by atoms with Crippen LogP contribution in [-0.4, -0.2) is 54.5 Å². The highest BCUT2D eigenvalue weighted by atomic mass is 35.5. The molecule has 3 atom stereocenters. The van der Waals surface area contributed by atoms with Crippen LogP contribution in [0.2, 0.25) is 5.28 Å². The molecule has 10 heteroatoms. The highest BCUT2D eigenvalue weighted by Gasteiger charge is 2.35. The third-order valence-electron chi connectivity index (χ3n) is 4.36. The van der Waals surface area contributed by atoms with Gasteiger partial charge in [-0.25, -0.2) is 4.98 Å². The van der Waals surface area contributed by atoms with Crippen molar-refractivity contribution in [3.63, 3.8) is 0 Å². The lowest BCUT2D eigenvalue weighted by Gasteiger charge is -2.14. The van der Waals surface area contributed by atoms with Crippen LogP contribution in [0.15, 0.2) is 36.7 Å². The molecule has 2 aromatic heterocycles. The van der Waals surface area contributed by atoms with Gasteiger partial charge < -0.3 is 20.3 Å². The Kier molecular flexibility index (Phi) is 4.75. The summed E-state index contributed by atoms with van der Waals surface area (Å²) in [7, 11) is 0. The van der Waals surface area contributed by atoms with Crippen molar-refractivity contribution >= 4 is 34.5 Å². The molecular formula is C17H16ClN5O4. The van der Waals surface area contributed by atoms with Crippen molar-refractivity contribution in [2.45, 2.75) is 24.9 Å². The molecule has 1 aliphatic rings. The number of aliphatic hydroxyl groups excluding tert-OH is 2. The van der Waals surface area contributed by atoms with E-state index in [1.165, 1.54) is 6.33 Å². The van der Waals surface area contributed by atoms with E-state index in [1.54, 1.807) is 28.8 Å². The number of carbonyl (C=O) groups is 1. The van der Waals surface area contributed by atoms with Crippen molar-refractivity contribution in [1.82, 2.24) is 19.5 Å². The summed E-state index contributed by atoms with van der Waals surface area (Å²) in [5.74, 6) is -0.177. The largest absolute Gasteiger partial charge is 0.394 e. The van der Waals surface area contributed by atoms with Crippen LogP contribution in [0, 0.1) is 0 Å². The minimum absolute atomic E-state index is 0.0649. The van der Waals surface area contributed by atoms with E-state index in [1.807, 2.05) is 6.07 Å². The fraction of sp³-hybridized carbons (Fsp3) is 0.294. The summed E-state index contributed by atoms with van der Waals surface area (Å²) in [6.45, 7) is -0.293. The number of ether oxygens (including phenoxy) is 1. The van der Waals surface area contributed by atoms with Gasteiger partial charge in [-0.1, -0.05) is 18.2 Å². The third kappa shape index (κ3) is 3.37. The first kappa shape index (κ1) is 17.8. The van der Waals surface area contributed by atoms with E-state index in [0.717, 1.165) is 0 Å². The summed E-state index contributed by atoms with van der Waals surface area (Å²) in [4.78, 5) is 24.9. The van der Waals surface area contributed by atoms with Crippen molar-refractivity contribution in [2.24, 2.45) is 0 Å². The summed E-state index contributed by atoms with van der Waals surface area (Å²) >= 11 is 6.03. The topological polar surface area (TPSA) is 122 Å². The molecule has 0 spiro atoms. The van der Waals surface area contributed by atoms with Crippen molar-refractivity contribution in [1.29, 1.82) is 0 Å². The minimum atomic E-state index is -0.799. The molecule has 9 nitrogen and oxygen atoms in total. The maximum atomic E-state index is 12.4. The van der Waals surface area contributed by atoms with Crippen LogP contribution in [0.5, 0.6) is 0 Å². The van der Waals surface area contributed by atoms with Crippen molar-refractivity contribution in [2.75, 3.05) is 11.9 Å². The molecule has 0 radical (unpaired) electrons. The number of benzene rings is 1. The molecule has 1 fully saturated rings. The average Bonchev–Trinajstić information content (AvgIpc) is 3.25. The Morgan fingerprint density at radius 3 is 2.81 bits per heavy atom. The average molecular weight is 390 g/mol. The summed E-state index contributed by atoms with van der Waals surface area (Å²) in [6.07, 6.45) is -0.297. The molecule has 140 valence electrons. The van der Waals surface area contributed by atoms with Gasteiger partial charge in [0.15, 0.2) is 17.0 Å². The molecule has 0 bridgehead atoms. The number of amides is 1. The van der Waals surface area contributed by atoms with Gasteiger partial charge >= 0.3 is 0 Å². The molecule has 3 heterocycles. The Labute approximate surface area is 158 Å². The predicted octanol–water partition coefficient (Wildman–Crippen LogP) is 1.37. The number of rotatable bonds is 4. The number of imidazole rings is 1. The Morgan fingerprint density at radius 2 is 2.11 bits per heavy atom. The number of hydrogen-bond donors (Lipinski definition) is 3. The molecule has 1 saturated heterocycles. The van der Waals surface area contributed by atoms with E-state index >= 15 is 0 Å². The second-order valence-electron chi connectivity index (χ2n) is 6.10. The fourth-order valence-corrected chi connectivity index (χ4v) is 3.17. The van der Waals surface area contributed by atoms with Crippen LogP contribution in [-0.2, 0) is 4.74 Å². The monoisotopic (exact) mass is 389 g/mol. The lowest BCUT2D eigenvalue weighted by molar-refractivity contribution is -0.0432. The van der Waals surface area contributed by atoms with Crippen molar-refractivity contribution < 1.29 is 19.7 Å². The highest BCUT2D eigenvalue weighted by molar-refractivity contribution is 6.28.